The second kappa shape index (κ2) is 5.58. The van der Waals surface area contributed by atoms with Crippen LogP contribution in [0.5, 0.6) is 0 Å². The maximum absolute atomic E-state index is 14.3. The van der Waals surface area contributed by atoms with Crippen LogP contribution in [-0.4, -0.2) is 8.07 Å². The first-order chi connectivity index (χ1) is 10.4. The molecule has 0 spiro atoms. The minimum atomic E-state index is -3.13. The highest BCUT2D eigenvalue weighted by Crippen LogP contribution is 2.44. The van der Waals surface area contributed by atoms with Gasteiger partial charge in [0, 0.05) is 10.7 Å². The van der Waals surface area contributed by atoms with Crippen molar-refractivity contribution in [3.63, 3.8) is 0 Å². The number of benzene rings is 1. The van der Waals surface area contributed by atoms with E-state index in [1.807, 2.05) is 27.7 Å². The third kappa shape index (κ3) is 2.38. The van der Waals surface area contributed by atoms with Gasteiger partial charge in [-0.15, -0.1) is 0 Å². The lowest BCUT2D eigenvalue weighted by molar-refractivity contribution is 0.383. The molecule has 0 heterocycles. The summed E-state index contributed by atoms with van der Waals surface area (Å²) < 4.78 is 69.0. The van der Waals surface area contributed by atoms with Crippen molar-refractivity contribution in [1.29, 1.82) is 0 Å². The van der Waals surface area contributed by atoms with Crippen LogP contribution in [0.15, 0.2) is 22.3 Å². The van der Waals surface area contributed by atoms with Crippen molar-refractivity contribution >= 4 is 13.3 Å². The molecule has 0 saturated heterocycles. The molecule has 2 rings (SSSR count). The van der Waals surface area contributed by atoms with E-state index in [4.69, 9.17) is 0 Å². The third-order valence-electron chi connectivity index (χ3n) is 4.90. The first-order valence-electron chi connectivity index (χ1n) is 7.19. The molecular formula is C17H18F5Si. The maximum Gasteiger partial charge on any atom is 0.200 e. The monoisotopic (exact) mass is 345 g/mol. The Labute approximate surface area is 133 Å². The summed E-state index contributed by atoms with van der Waals surface area (Å²) in [4.78, 5) is 0. The van der Waals surface area contributed by atoms with Crippen LogP contribution in [0.25, 0.3) is 0 Å². The predicted octanol–water partition coefficient (Wildman–Crippen LogP) is 5.10. The van der Waals surface area contributed by atoms with E-state index < -0.39 is 42.3 Å². The Morgan fingerprint density at radius 3 is 1.17 bits per heavy atom. The largest absolute Gasteiger partial charge is 0.204 e. The lowest BCUT2D eigenvalue weighted by Gasteiger charge is -2.33. The summed E-state index contributed by atoms with van der Waals surface area (Å²) in [6.07, 6.45) is 0. The van der Waals surface area contributed by atoms with E-state index in [1.165, 1.54) is 0 Å². The van der Waals surface area contributed by atoms with E-state index in [-0.39, 0.29) is 0 Å². The first kappa shape index (κ1) is 17.9. The van der Waals surface area contributed by atoms with Crippen LogP contribution in [0.2, 0.25) is 13.1 Å². The second-order valence-electron chi connectivity index (χ2n) is 6.44. The Hall–Kier alpha value is -1.43. The van der Waals surface area contributed by atoms with Crippen molar-refractivity contribution in [2.75, 3.05) is 0 Å². The van der Waals surface area contributed by atoms with Crippen LogP contribution < -0.4 is 5.19 Å². The molecule has 1 aromatic carbocycles. The molecule has 6 heteroatoms. The molecule has 0 unspecified atom stereocenters. The first-order valence-corrected chi connectivity index (χ1v) is 10.2. The standard InChI is InChI=1S/C17H18F5Si/c1-7-8(2)10(4)16(9(7)3)23(5,6)17-14(21)12(19)11(18)13(20)15(17)22/h1-6H3. The van der Waals surface area contributed by atoms with Gasteiger partial charge in [0.25, 0.3) is 0 Å². The van der Waals surface area contributed by atoms with Gasteiger partial charge in [0.15, 0.2) is 23.3 Å². The third-order valence-corrected chi connectivity index (χ3v) is 8.59. The van der Waals surface area contributed by atoms with Crippen molar-refractivity contribution in [2.45, 2.75) is 40.8 Å². The Morgan fingerprint density at radius 1 is 0.522 bits per heavy atom. The van der Waals surface area contributed by atoms with Crippen molar-refractivity contribution in [1.82, 2.24) is 0 Å². The fraction of sp³-hybridized carbons (Fsp3) is 0.353. The van der Waals surface area contributed by atoms with E-state index in [0.717, 1.165) is 27.8 Å². The van der Waals surface area contributed by atoms with Gasteiger partial charge in [-0.3, -0.25) is 0 Å². The van der Waals surface area contributed by atoms with Crippen LogP contribution in [0.3, 0.4) is 0 Å². The fourth-order valence-electron chi connectivity index (χ4n) is 3.43. The minimum Gasteiger partial charge on any atom is -0.204 e. The highest BCUT2D eigenvalue weighted by Gasteiger charge is 2.45. The van der Waals surface area contributed by atoms with Crippen molar-refractivity contribution in [3.8, 4) is 0 Å². The van der Waals surface area contributed by atoms with Gasteiger partial charge in [-0.2, -0.15) is 0 Å². The summed E-state index contributed by atoms with van der Waals surface area (Å²) in [5.41, 5.74) is 4.43. The predicted molar refractivity (Wildman–Crippen MR) is 83.3 cm³/mol. The number of hydrogen-bond acceptors (Lipinski definition) is 0. The molecule has 0 fully saturated rings. The van der Waals surface area contributed by atoms with Gasteiger partial charge >= 0.3 is 0 Å². The highest BCUT2D eigenvalue weighted by atomic mass is 28.3. The van der Waals surface area contributed by atoms with Gasteiger partial charge in [-0.25, -0.2) is 22.0 Å². The molecule has 0 aromatic heterocycles. The van der Waals surface area contributed by atoms with Crippen LogP contribution in [-0.2, 0) is 0 Å². The molecule has 0 aliphatic heterocycles. The number of allylic oxidation sites excluding steroid dienone is 4. The summed E-state index contributed by atoms with van der Waals surface area (Å²) in [5.74, 6) is -9.30. The molecule has 0 amide bonds. The van der Waals surface area contributed by atoms with E-state index in [2.05, 4.69) is 0 Å². The van der Waals surface area contributed by atoms with Crippen LogP contribution >= 0.6 is 0 Å². The molecular weight excluding hydrogens is 327 g/mol. The van der Waals surface area contributed by atoms with Crippen LogP contribution in [0.1, 0.15) is 27.7 Å². The van der Waals surface area contributed by atoms with Gasteiger partial charge < -0.3 is 0 Å². The SMILES string of the molecule is CC1=C(C)C(C)=C(C)[C]1[Si](C)(C)c1c(F)c(F)c(F)c(F)c1F. The van der Waals surface area contributed by atoms with Gasteiger partial charge in [0.1, 0.15) is 8.07 Å². The van der Waals surface area contributed by atoms with Gasteiger partial charge in [-0.05, 0) is 38.8 Å². The van der Waals surface area contributed by atoms with Crippen molar-refractivity contribution in [3.05, 3.63) is 56.9 Å². The molecule has 0 saturated carbocycles. The zero-order valence-electron chi connectivity index (χ0n) is 13.9. The molecule has 0 bridgehead atoms. The van der Waals surface area contributed by atoms with Gasteiger partial charge in [-0.1, -0.05) is 24.2 Å². The minimum absolute atomic E-state index is 0.662. The molecule has 1 aliphatic rings. The number of halogens is 5. The lowest BCUT2D eigenvalue weighted by atomic mass is 10.1. The summed E-state index contributed by atoms with van der Waals surface area (Å²) in [6.45, 7) is 10.7. The topological polar surface area (TPSA) is 0 Å². The van der Waals surface area contributed by atoms with Gasteiger partial charge in [0.2, 0.25) is 5.82 Å². The number of hydrogen-bond donors (Lipinski definition) is 0. The maximum atomic E-state index is 14.3. The fourth-order valence-corrected chi connectivity index (χ4v) is 7.25. The zero-order valence-corrected chi connectivity index (χ0v) is 14.9. The molecule has 0 N–H and O–H groups in total. The lowest BCUT2D eigenvalue weighted by Crippen LogP contribution is -2.52. The molecule has 125 valence electrons. The van der Waals surface area contributed by atoms with E-state index in [9.17, 15) is 22.0 Å². The van der Waals surface area contributed by atoms with Crippen LogP contribution in [0, 0.1) is 34.6 Å². The summed E-state index contributed by atoms with van der Waals surface area (Å²) in [7, 11) is -3.13. The average Bonchev–Trinajstić information content (AvgIpc) is 2.67. The zero-order chi connectivity index (χ0) is 17.9. The van der Waals surface area contributed by atoms with Gasteiger partial charge in [0.05, 0.1) is 0 Å². The van der Waals surface area contributed by atoms with E-state index >= 15 is 0 Å². The number of rotatable bonds is 2. The average molecular weight is 345 g/mol. The van der Waals surface area contributed by atoms with Crippen molar-refractivity contribution in [2.24, 2.45) is 0 Å². The molecule has 1 aromatic rings. The van der Waals surface area contributed by atoms with E-state index in [0.29, 0.717) is 0 Å². The second-order valence-corrected chi connectivity index (χ2v) is 10.7. The Balaban J connectivity index is 2.77. The molecule has 0 atom stereocenters. The highest BCUT2D eigenvalue weighted by molar-refractivity contribution is 6.95. The normalized spacial score (nSPS) is 16.8. The quantitative estimate of drug-likeness (QED) is 0.303. The van der Waals surface area contributed by atoms with Crippen LogP contribution in [0.4, 0.5) is 22.0 Å². The Kier molecular flexibility index (Phi) is 4.35. The summed E-state index contributed by atoms with van der Waals surface area (Å²) in [5, 5.41) is -0.662. The molecule has 23 heavy (non-hydrogen) atoms. The summed E-state index contributed by atoms with van der Waals surface area (Å²) >= 11 is 0. The molecule has 1 radical (unpaired) electrons. The summed E-state index contributed by atoms with van der Waals surface area (Å²) in [6, 6.07) is 0. The smallest absolute Gasteiger partial charge is 0.200 e. The van der Waals surface area contributed by atoms with Crippen molar-refractivity contribution < 1.29 is 22.0 Å². The molecule has 1 aliphatic carbocycles. The Bertz CT molecular complexity index is 706. The molecule has 0 nitrogen and oxygen atoms in total. The van der Waals surface area contributed by atoms with E-state index in [1.54, 1.807) is 13.1 Å². The Morgan fingerprint density at radius 2 is 0.826 bits per heavy atom.